The maximum Gasteiger partial charge on any atom is 0.336 e. The lowest BCUT2D eigenvalue weighted by molar-refractivity contribution is 0.0468. The highest BCUT2D eigenvalue weighted by Crippen LogP contribution is 2.43. The molecule has 1 aliphatic carbocycles. The van der Waals surface area contributed by atoms with Crippen molar-refractivity contribution < 1.29 is 37.4 Å². The number of fused-ring (bicyclic) bond motifs is 2. The number of hydrogen-bond acceptors (Lipinski definition) is 7. The number of amides is 1. The number of aromatic carboxylic acids is 1. The van der Waals surface area contributed by atoms with E-state index >= 15 is 8.78 Å². The number of carboxylic acid groups (broad SMARTS) is 1. The van der Waals surface area contributed by atoms with Crippen molar-refractivity contribution in [2.24, 2.45) is 4.99 Å². The fraction of sp³-hybridized carbons (Fsp3) is 0.364. The number of ether oxygens (including phenoxy) is 2. The zero-order valence-electron chi connectivity index (χ0n) is 25.2. The lowest BCUT2D eigenvalue weighted by atomic mass is 9.89. The Hall–Kier alpha value is -4.06. The summed E-state index contributed by atoms with van der Waals surface area (Å²) in [6.07, 6.45) is 4.13. The fourth-order valence-electron chi connectivity index (χ4n) is 4.96. The summed E-state index contributed by atoms with van der Waals surface area (Å²) in [5.41, 5.74) is 0.842. The van der Waals surface area contributed by atoms with Gasteiger partial charge in [0.05, 0.1) is 36.4 Å². The molecule has 0 fully saturated rings. The van der Waals surface area contributed by atoms with E-state index in [2.05, 4.69) is 15.6 Å². The fourth-order valence-corrected chi connectivity index (χ4v) is 5.15. The van der Waals surface area contributed by atoms with Crippen LogP contribution < -0.4 is 16.0 Å². The third kappa shape index (κ3) is 8.36. The number of carbonyl (C=O) groups excluding carboxylic acids is 1. The minimum Gasteiger partial charge on any atom is -0.478 e. The second-order valence-electron chi connectivity index (χ2n) is 10.2. The van der Waals surface area contributed by atoms with E-state index in [0.29, 0.717) is 25.7 Å². The summed E-state index contributed by atoms with van der Waals surface area (Å²) in [4.78, 5) is 29.4. The van der Waals surface area contributed by atoms with Crippen LogP contribution in [0.5, 0.6) is 0 Å². The summed E-state index contributed by atoms with van der Waals surface area (Å²) in [6, 6.07) is 9.26. The Morgan fingerprint density at radius 1 is 0.933 bits per heavy atom. The normalized spacial score (nSPS) is 11.8. The van der Waals surface area contributed by atoms with Crippen LogP contribution in [-0.2, 0) is 9.47 Å². The van der Waals surface area contributed by atoms with E-state index in [1.165, 1.54) is 49.5 Å². The summed E-state index contributed by atoms with van der Waals surface area (Å²) in [7, 11) is 2.98. The Balaban J connectivity index is 1.58. The van der Waals surface area contributed by atoms with Gasteiger partial charge in [0.25, 0.3) is 5.91 Å². The molecular formula is C33H36ClF2N3O6. The van der Waals surface area contributed by atoms with Crippen LogP contribution >= 0.6 is 11.6 Å². The summed E-state index contributed by atoms with van der Waals surface area (Å²) in [6.45, 7) is 1.93. The van der Waals surface area contributed by atoms with Crippen LogP contribution in [0, 0.1) is 11.6 Å². The van der Waals surface area contributed by atoms with Gasteiger partial charge in [-0.05, 0) is 48.7 Å². The largest absolute Gasteiger partial charge is 0.478 e. The van der Waals surface area contributed by atoms with Crippen molar-refractivity contribution in [2.75, 3.05) is 58.3 Å². The number of hydrogen-bond donors (Lipinski definition) is 3. The highest BCUT2D eigenvalue weighted by atomic mass is 35.5. The second-order valence-corrected chi connectivity index (χ2v) is 10.6. The number of carbonyl (C=O) groups is 2. The summed E-state index contributed by atoms with van der Waals surface area (Å²) >= 11 is 5.67. The van der Waals surface area contributed by atoms with Gasteiger partial charge in [0.2, 0.25) is 0 Å². The Kier molecular flexibility index (Phi) is 12.3. The van der Waals surface area contributed by atoms with E-state index in [9.17, 15) is 14.7 Å². The van der Waals surface area contributed by atoms with Gasteiger partial charge in [-0.2, -0.15) is 0 Å². The van der Waals surface area contributed by atoms with Crippen LogP contribution in [0.25, 0.3) is 33.4 Å². The first-order valence-corrected chi connectivity index (χ1v) is 15.2. The molecule has 2 aromatic carbocycles. The molecule has 0 atom stereocenters. The van der Waals surface area contributed by atoms with Crippen LogP contribution in [-0.4, -0.2) is 69.9 Å². The number of nitrogens with one attached hydrogen (secondary N) is 2. The minimum absolute atomic E-state index is 0.0333. The summed E-state index contributed by atoms with van der Waals surface area (Å²) < 4.78 is 47.1. The van der Waals surface area contributed by atoms with Crippen molar-refractivity contribution in [3.05, 3.63) is 70.6 Å². The zero-order chi connectivity index (χ0) is 32.3. The van der Waals surface area contributed by atoms with Crippen molar-refractivity contribution in [2.45, 2.75) is 25.7 Å². The quantitative estimate of drug-likeness (QED) is 0.0742. The number of nitrogens with zero attached hydrogens (tertiary/aromatic N) is 1. The van der Waals surface area contributed by atoms with Crippen LogP contribution in [0.4, 0.5) is 14.5 Å². The first-order chi connectivity index (χ1) is 21.8. The van der Waals surface area contributed by atoms with Gasteiger partial charge in [-0.15, -0.1) is 11.6 Å². The molecule has 9 nitrogen and oxygen atoms in total. The van der Waals surface area contributed by atoms with Crippen molar-refractivity contribution in [1.29, 1.82) is 0 Å². The third-order valence-corrected chi connectivity index (χ3v) is 7.51. The van der Waals surface area contributed by atoms with Crippen LogP contribution in [0.2, 0.25) is 0 Å². The molecule has 12 heteroatoms. The molecule has 0 saturated carbocycles. The first kappa shape index (κ1) is 33.8. The molecule has 1 amide bonds. The third-order valence-electron chi connectivity index (χ3n) is 7.24. The van der Waals surface area contributed by atoms with Gasteiger partial charge >= 0.3 is 5.97 Å². The SMILES string of the molecule is CN=c1cc2oc3cc(NC)c(F)cc3c(-c3cc(C(=O)NCCOCCOCCCCCCCl)ccc3C(=O)O)c-2cc1F. The van der Waals surface area contributed by atoms with Crippen LogP contribution in [0.1, 0.15) is 46.4 Å². The average Bonchev–Trinajstić information content (AvgIpc) is 3.03. The van der Waals surface area contributed by atoms with Crippen molar-refractivity contribution in [1.82, 2.24) is 5.32 Å². The van der Waals surface area contributed by atoms with E-state index in [1.807, 2.05) is 0 Å². The average molecular weight is 644 g/mol. The molecule has 1 heterocycles. The van der Waals surface area contributed by atoms with Gasteiger partial charge in [-0.3, -0.25) is 9.79 Å². The molecule has 2 aromatic rings. The van der Waals surface area contributed by atoms with Crippen LogP contribution in [0.3, 0.4) is 0 Å². The molecular weight excluding hydrogens is 608 g/mol. The van der Waals surface area contributed by atoms with E-state index in [4.69, 9.17) is 25.5 Å². The first-order valence-electron chi connectivity index (χ1n) is 14.7. The van der Waals surface area contributed by atoms with Crippen molar-refractivity contribution in [3.8, 4) is 22.5 Å². The van der Waals surface area contributed by atoms with Crippen LogP contribution in [0.15, 0.2) is 51.9 Å². The Labute approximate surface area is 264 Å². The molecule has 4 rings (SSSR count). The Morgan fingerprint density at radius 3 is 2.40 bits per heavy atom. The van der Waals surface area contributed by atoms with Gasteiger partial charge in [0.1, 0.15) is 23.0 Å². The number of halogens is 3. The number of unbranched alkanes of at least 4 members (excludes halogenated alkanes) is 3. The molecule has 0 aromatic heterocycles. The zero-order valence-corrected chi connectivity index (χ0v) is 25.9. The van der Waals surface area contributed by atoms with Crippen molar-refractivity contribution in [3.63, 3.8) is 0 Å². The number of rotatable bonds is 16. The predicted octanol–water partition coefficient (Wildman–Crippen LogP) is 6.32. The molecule has 45 heavy (non-hydrogen) atoms. The molecule has 0 saturated heterocycles. The number of benzene rings is 3. The van der Waals surface area contributed by atoms with Gasteiger partial charge in [-0.1, -0.05) is 12.8 Å². The topological polar surface area (TPSA) is 122 Å². The monoisotopic (exact) mass is 643 g/mol. The molecule has 240 valence electrons. The van der Waals surface area contributed by atoms with E-state index in [0.717, 1.165) is 25.7 Å². The minimum atomic E-state index is -1.28. The predicted molar refractivity (Wildman–Crippen MR) is 169 cm³/mol. The lowest BCUT2D eigenvalue weighted by Crippen LogP contribution is -2.27. The molecule has 0 radical (unpaired) electrons. The molecule has 2 aliphatic rings. The lowest BCUT2D eigenvalue weighted by Gasteiger charge is -2.18. The number of anilines is 1. The van der Waals surface area contributed by atoms with Gasteiger partial charge in [0.15, 0.2) is 0 Å². The smallest absolute Gasteiger partial charge is 0.336 e. The molecule has 3 N–H and O–H groups in total. The van der Waals surface area contributed by atoms with Gasteiger partial charge < -0.3 is 29.6 Å². The maximum atomic E-state index is 15.0. The molecule has 0 bridgehead atoms. The van der Waals surface area contributed by atoms with Crippen molar-refractivity contribution >= 4 is 40.1 Å². The Morgan fingerprint density at radius 2 is 1.69 bits per heavy atom. The van der Waals surface area contributed by atoms with E-state index in [-0.39, 0.29) is 68.7 Å². The molecule has 1 aliphatic heterocycles. The van der Waals surface area contributed by atoms with Gasteiger partial charge in [-0.25, -0.2) is 13.6 Å². The number of carboxylic acids is 1. The second kappa shape index (κ2) is 16.3. The number of alkyl halides is 1. The molecule has 0 spiro atoms. The van der Waals surface area contributed by atoms with E-state index < -0.39 is 23.5 Å². The Bertz CT molecular complexity index is 1690. The highest BCUT2D eigenvalue weighted by molar-refractivity contribution is 6.17. The van der Waals surface area contributed by atoms with E-state index in [1.54, 1.807) is 7.05 Å². The van der Waals surface area contributed by atoms with Gasteiger partial charge in [0, 0.05) is 67.3 Å². The highest BCUT2D eigenvalue weighted by Gasteiger charge is 2.25. The maximum absolute atomic E-state index is 15.0. The standard InChI is InChI=1S/C33H36ClF2N3O6/c1-37-27-18-29-23(16-25(27)35)31(24-17-26(36)28(38-2)19-30(24)45-29)22-15-20(7-8-21(22)33(41)42)32(40)39-10-12-44-14-13-43-11-6-4-3-5-9-34/h7-8,15-19,37H,3-6,9-14H2,1-2H3,(H,39,40)(H,41,42). The molecule has 0 unspecified atom stereocenters. The summed E-state index contributed by atoms with van der Waals surface area (Å²) in [5.74, 6) is -2.17. The summed E-state index contributed by atoms with van der Waals surface area (Å²) in [5, 5.41) is 15.8.